The van der Waals surface area contributed by atoms with Crippen LogP contribution in [0.25, 0.3) is 17.1 Å². The Morgan fingerprint density at radius 3 is 2.40 bits per heavy atom. The van der Waals surface area contributed by atoms with Crippen molar-refractivity contribution in [2.75, 3.05) is 31.9 Å². The highest BCUT2D eigenvalue weighted by Crippen LogP contribution is 2.29. The molecule has 1 aromatic carbocycles. The third-order valence-corrected chi connectivity index (χ3v) is 6.82. The Morgan fingerprint density at radius 2 is 1.69 bits per heavy atom. The summed E-state index contributed by atoms with van der Waals surface area (Å²) in [6.07, 6.45) is 4.93. The van der Waals surface area contributed by atoms with Gasteiger partial charge in [0.05, 0.1) is 17.7 Å². The van der Waals surface area contributed by atoms with E-state index in [1.807, 2.05) is 47.9 Å². The maximum atomic E-state index is 13.0. The van der Waals surface area contributed by atoms with Gasteiger partial charge in [-0.25, -0.2) is 0 Å². The molecular formula is C25H24N6O3S. The molecule has 1 fully saturated rings. The zero-order valence-electron chi connectivity index (χ0n) is 19.2. The Morgan fingerprint density at radius 1 is 0.943 bits per heavy atom. The molecule has 10 heteroatoms. The first-order chi connectivity index (χ1) is 17.1. The van der Waals surface area contributed by atoms with Crippen molar-refractivity contribution in [2.24, 2.45) is 0 Å². The molecule has 4 heterocycles. The Balaban J connectivity index is 1.29. The highest BCUT2D eigenvalue weighted by atomic mass is 32.2. The first-order valence-electron chi connectivity index (χ1n) is 11.3. The van der Waals surface area contributed by atoms with Gasteiger partial charge in [-0.05, 0) is 42.8 Å². The average molecular weight is 489 g/mol. The van der Waals surface area contributed by atoms with E-state index in [4.69, 9.17) is 4.42 Å². The van der Waals surface area contributed by atoms with Crippen molar-refractivity contribution in [2.45, 2.75) is 12.1 Å². The zero-order valence-corrected chi connectivity index (χ0v) is 20.0. The maximum Gasteiger partial charge on any atom is 0.289 e. The molecule has 0 bridgehead atoms. The number of hydrogen-bond acceptors (Lipinski definition) is 7. The molecular weight excluding hydrogens is 464 g/mol. The molecule has 3 aromatic heterocycles. The van der Waals surface area contributed by atoms with Gasteiger partial charge in [0.15, 0.2) is 16.7 Å². The van der Waals surface area contributed by atoms with Gasteiger partial charge in [0, 0.05) is 44.1 Å². The van der Waals surface area contributed by atoms with Crippen LogP contribution in [0, 0.1) is 6.92 Å². The summed E-state index contributed by atoms with van der Waals surface area (Å²) >= 11 is 1.36. The number of carbonyl (C=O) groups is 2. The standard InChI is InChI=1S/C25H24N6O3S/c1-18-5-2-3-6-20(18)31-23(19-8-10-26-11-9-19)27-28-25(31)35-17-22(32)29-12-14-30(15-13-29)24(33)21-7-4-16-34-21/h2-11,16H,12-15,17H2,1H3. The summed E-state index contributed by atoms with van der Waals surface area (Å²) in [4.78, 5) is 33.1. The van der Waals surface area contributed by atoms with Crippen LogP contribution in [0.2, 0.25) is 0 Å². The van der Waals surface area contributed by atoms with Crippen LogP contribution < -0.4 is 0 Å². The summed E-state index contributed by atoms with van der Waals surface area (Å²) in [5, 5.41) is 9.49. The number of hydrogen-bond donors (Lipinski definition) is 0. The van der Waals surface area contributed by atoms with Crippen molar-refractivity contribution in [1.29, 1.82) is 0 Å². The summed E-state index contributed by atoms with van der Waals surface area (Å²) < 4.78 is 7.20. The molecule has 1 aliphatic rings. The van der Waals surface area contributed by atoms with E-state index in [-0.39, 0.29) is 17.6 Å². The second kappa shape index (κ2) is 10.1. The van der Waals surface area contributed by atoms with Gasteiger partial charge in [-0.2, -0.15) is 0 Å². The van der Waals surface area contributed by atoms with Crippen LogP contribution in [0.15, 0.2) is 76.8 Å². The minimum absolute atomic E-state index is 0.00453. The van der Waals surface area contributed by atoms with Gasteiger partial charge >= 0.3 is 0 Å². The summed E-state index contributed by atoms with van der Waals surface area (Å²) in [7, 11) is 0. The minimum Gasteiger partial charge on any atom is -0.459 e. The number of para-hydroxylation sites is 1. The Kier molecular flexibility index (Phi) is 6.62. The predicted molar refractivity (Wildman–Crippen MR) is 131 cm³/mol. The van der Waals surface area contributed by atoms with E-state index in [2.05, 4.69) is 15.2 Å². The number of aromatic nitrogens is 4. The highest BCUT2D eigenvalue weighted by Gasteiger charge is 2.27. The lowest BCUT2D eigenvalue weighted by molar-refractivity contribution is -0.129. The van der Waals surface area contributed by atoms with Crippen LogP contribution in [0.3, 0.4) is 0 Å². The predicted octanol–water partition coefficient (Wildman–Crippen LogP) is 3.31. The van der Waals surface area contributed by atoms with Crippen LogP contribution >= 0.6 is 11.8 Å². The summed E-state index contributed by atoms with van der Waals surface area (Å²) in [6, 6.07) is 15.1. The van der Waals surface area contributed by atoms with Gasteiger partial charge in [-0.15, -0.1) is 10.2 Å². The van der Waals surface area contributed by atoms with E-state index in [9.17, 15) is 9.59 Å². The zero-order chi connectivity index (χ0) is 24.2. The number of piperazine rings is 1. The van der Waals surface area contributed by atoms with Gasteiger partial charge in [-0.1, -0.05) is 30.0 Å². The SMILES string of the molecule is Cc1ccccc1-n1c(SCC(=O)N2CCN(C(=O)c3ccco3)CC2)nnc1-c1ccncc1. The average Bonchev–Trinajstić information content (AvgIpc) is 3.58. The fraction of sp³-hybridized carbons (Fsp3) is 0.240. The number of carbonyl (C=O) groups excluding carboxylic acids is 2. The molecule has 4 aromatic rings. The number of furan rings is 1. The summed E-state index contributed by atoms with van der Waals surface area (Å²) in [6.45, 7) is 3.95. The van der Waals surface area contributed by atoms with Crippen molar-refractivity contribution in [3.05, 3.63) is 78.5 Å². The van der Waals surface area contributed by atoms with E-state index >= 15 is 0 Å². The molecule has 0 unspecified atom stereocenters. The molecule has 35 heavy (non-hydrogen) atoms. The number of benzene rings is 1. The monoisotopic (exact) mass is 488 g/mol. The molecule has 1 aliphatic heterocycles. The molecule has 0 spiro atoms. The molecule has 0 atom stereocenters. The van der Waals surface area contributed by atoms with Crippen molar-refractivity contribution in [3.63, 3.8) is 0 Å². The second-order valence-corrected chi connectivity index (χ2v) is 9.05. The second-order valence-electron chi connectivity index (χ2n) is 8.10. The highest BCUT2D eigenvalue weighted by molar-refractivity contribution is 7.99. The molecule has 0 saturated carbocycles. The molecule has 178 valence electrons. The minimum atomic E-state index is -0.147. The molecule has 1 saturated heterocycles. The van der Waals surface area contributed by atoms with E-state index in [0.717, 1.165) is 16.8 Å². The van der Waals surface area contributed by atoms with Crippen LogP contribution in [0.1, 0.15) is 16.1 Å². The van der Waals surface area contributed by atoms with Crippen LogP contribution in [0.5, 0.6) is 0 Å². The molecule has 0 N–H and O–H groups in total. The molecule has 0 radical (unpaired) electrons. The number of rotatable bonds is 6. The fourth-order valence-corrected chi connectivity index (χ4v) is 4.86. The number of pyridine rings is 1. The van der Waals surface area contributed by atoms with Crippen molar-refractivity contribution < 1.29 is 14.0 Å². The molecule has 0 aliphatic carbocycles. The lowest BCUT2D eigenvalue weighted by atomic mass is 10.2. The Labute approximate surface area is 206 Å². The van der Waals surface area contributed by atoms with Gasteiger partial charge in [0.1, 0.15) is 0 Å². The van der Waals surface area contributed by atoms with E-state index < -0.39 is 0 Å². The Hall–Kier alpha value is -3.92. The van der Waals surface area contributed by atoms with Crippen LogP contribution in [-0.2, 0) is 4.79 Å². The molecule has 2 amide bonds. The first-order valence-corrected chi connectivity index (χ1v) is 12.3. The summed E-state index contributed by atoms with van der Waals surface area (Å²) in [5.41, 5.74) is 2.93. The van der Waals surface area contributed by atoms with E-state index in [0.29, 0.717) is 42.9 Å². The summed E-state index contributed by atoms with van der Waals surface area (Å²) in [5.74, 6) is 1.10. The fourth-order valence-electron chi connectivity index (χ4n) is 4.02. The van der Waals surface area contributed by atoms with Crippen molar-refractivity contribution in [3.8, 4) is 17.1 Å². The topological polar surface area (TPSA) is 97.4 Å². The lowest BCUT2D eigenvalue weighted by Crippen LogP contribution is -2.51. The van der Waals surface area contributed by atoms with Crippen LogP contribution in [0.4, 0.5) is 0 Å². The number of nitrogens with zero attached hydrogens (tertiary/aromatic N) is 6. The smallest absolute Gasteiger partial charge is 0.289 e. The van der Waals surface area contributed by atoms with Crippen molar-refractivity contribution in [1.82, 2.24) is 29.5 Å². The first kappa shape index (κ1) is 22.9. The van der Waals surface area contributed by atoms with Gasteiger partial charge in [-0.3, -0.25) is 19.1 Å². The quantitative estimate of drug-likeness (QED) is 0.384. The number of amides is 2. The number of thioether (sulfide) groups is 1. The maximum absolute atomic E-state index is 13.0. The largest absolute Gasteiger partial charge is 0.459 e. The van der Waals surface area contributed by atoms with E-state index in [1.165, 1.54) is 18.0 Å². The third-order valence-electron chi connectivity index (χ3n) is 5.90. The van der Waals surface area contributed by atoms with Gasteiger partial charge in [0.2, 0.25) is 5.91 Å². The Bertz CT molecular complexity index is 1310. The lowest BCUT2D eigenvalue weighted by Gasteiger charge is -2.34. The molecule has 9 nitrogen and oxygen atoms in total. The normalized spacial score (nSPS) is 13.7. The molecule has 5 rings (SSSR count). The van der Waals surface area contributed by atoms with Crippen LogP contribution in [-0.4, -0.2) is 73.3 Å². The van der Waals surface area contributed by atoms with Gasteiger partial charge in [0.25, 0.3) is 5.91 Å². The van der Waals surface area contributed by atoms with Crippen molar-refractivity contribution >= 4 is 23.6 Å². The number of aryl methyl sites for hydroxylation is 1. The third kappa shape index (κ3) is 4.83. The van der Waals surface area contributed by atoms with Gasteiger partial charge < -0.3 is 14.2 Å². The van der Waals surface area contributed by atoms with E-state index in [1.54, 1.807) is 34.3 Å².